The van der Waals surface area contributed by atoms with Gasteiger partial charge in [0.15, 0.2) is 12.2 Å². The van der Waals surface area contributed by atoms with Crippen molar-refractivity contribution in [3.05, 3.63) is 0 Å². The van der Waals surface area contributed by atoms with E-state index in [2.05, 4.69) is 41.5 Å². The van der Waals surface area contributed by atoms with Gasteiger partial charge in [-0.2, -0.15) is 0 Å². The molecule has 6 atom stereocenters. The standard InChI is InChI=1S/C60H116O17P2/c1-7-10-12-14-15-25-32-38-44-59(64)76-55(48-70-57(62)42-36-28-13-11-8-2)50-74-78(66,67)72-46-54(61)47-73-79(68,69)75-51-56(49-71-58(63)43-37-31-26-22-21-24-30-35-41-53(6)9-3)77-60(65)45-39-33-27-20-18-16-17-19-23-29-34-40-52(4)5/h52-56,61H,7-51H2,1-6H3,(H,66,67)(H,68,69)/t53?,54-,55+,56+/m0/s1. The second kappa shape index (κ2) is 52.8. The molecule has 3 unspecified atom stereocenters. The molecule has 17 nitrogen and oxygen atoms in total. The largest absolute Gasteiger partial charge is 0.472 e. The molecule has 0 aliphatic carbocycles. The summed E-state index contributed by atoms with van der Waals surface area (Å²) in [6, 6.07) is 0. The summed E-state index contributed by atoms with van der Waals surface area (Å²) in [4.78, 5) is 71.7. The molecule has 19 heteroatoms. The fourth-order valence-electron chi connectivity index (χ4n) is 8.79. The van der Waals surface area contributed by atoms with Gasteiger partial charge in [-0.1, -0.05) is 241 Å². The number of phosphoric ester groups is 2. The van der Waals surface area contributed by atoms with E-state index in [-0.39, 0.29) is 25.7 Å². The summed E-state index contributed by atoms with van der Waals surface area (Å²) >= 11 is 0. The smallest absolute Gasteiger partial charge is 0.462 e. The molecule has 0 aromatic carbocycles. The number of aliphatic hydroxyl groups excluding tert-OH is 1. The van der Waals surface area contributed by atoms with Gasteiger partial charge in [0, 0.05) is 25.7 Å². The van der Waals surface area contributed by atoms with Gasteiger partial charge in [-0.15, -0.1) is 0 Å². The summed E-state index contributed by atoms with van der Waals surface area (Å²) in [6.07, 6.45) is 33.8. The van der Waals surface area contributed by atoms with E-state index in [0.29, 0.717) is 25.7 Å². The minimum Gasteiger partial charge on any atom is -0.462 e. The first-order valence-electron chi connectivity index (χ1n) is 31.5. The van der Waals surface area contributed by atoms with Gasteiger partial charge in [-0.3, -0.25) is 37.3 Å². The Morgan fingerprint density at radius 1 is 0.367 bits per heavy atom. The molecule has 0 radical (unpaired) electrons. The van der Waals surface area contributed by atoms with E-state index in [4.69, 9.17) is 37.0 Å². The number of hydrogen-bond acceptors (Lipinski definition) is 15. The molecule has 0 aromatic heterocycles. The van der Waals surface area contributed by atoms with Gasteiger partial charge in [-0.05, 0) is 37.5 Å². The molecular weight excluding hydrogens is 1050 g/mol. The van der Waals surface area contributed by atoms with Crippen LogP contribution < -0.4 is 0 Å². The highest BCUT2D eigenvalue weighted by Crippen LogP contribution is 2.45. The number of phosphoric acid groups is 2. The normalized spacial score (nSPS) is 14.8. The third-order valence-corrected chi connectivity index (χ3v) is 16.0. The van der Waals surface area contributed by atoms with Crippen molar-refractivity contribution in [3.8, 4) is 0 Å². The van der Waals surface area contributed by atoms with E-state index in [1.54, 1.807) is 0 Å². The molecule has 0 saturated heterocycles. The van der Waals surface area contributed by atoms with Crippen molar-refractivity contribution in [2.45, 2.75) is 310 Å². The zero-order valence-corrected chi connectivity index (χ0v) is 52.4. The first kappa shape index (κ1) is 77.1. The number of esters is 4. The van der Waals surface area contributed by atoms with E-state index >= 15 is 0 Å². The third kappa shape index (κ3) is 53.8. The highest BCUT2D eigenvalue weighted by atomic mass is 31.2. The molecule has 0 saturated carbocycles. The summed E-state index contributed by atoms with van der Waals surface area (Å²) in [7, 11) is -9.87. The van der Waals surface area contributed by atoms with Gasteiger partial charge in [0.25, 0.3) is 0 Å². The van der Waals surface area contributed by atoms with Crippen molar-refractivity contribution in [2.24, 2.45) is 11.8 Å². The van der Waals surface area contributed by atoms with Crippen LogP contribution in [-0.2, 0) is 65.4 Å². The Balaban J connectivity index is 5.18. The first-order valence-corrected chi connectivity index (χ1v) is 34.5. The Morgan fingerprint density at radius 3 is 0.962 bits per heavy atom. The molecule has 79 heavy (non-hydrogen) atoms. The van der Waals surface area contributed by atoms with E-state index in [1.165, 1.54) is 96.3 Å². The van der Waals surface area contributed by atoms with Crippen molar-refractivity contribution >= 4 is 39.5 Å². The highest BCUT2D eigenvalue weighted by Gasteiger charge is 2.30. The maximum absolute atomic E-state index is 12.9. The number of aliphatic hydroxyl groups is 1. The zero-order valence-electron chi connectivity index (χ0n) is 50.7. The van der Waals surface area contributed by atoms with Gasteiger partial charge in [0.2, 0.25) is 0 Å². The van der Waals surface area contributed by atoms with Gasteiger partial charge >= 0.3 is 39.5 Å². The predicted octanol–water partition coefficient (Wildman–Crippen LogP) is 16.1. The highest BCUT2D eigenvalue weighted by molar-refractivity contribution is 7.47. The molecule has 0 amide bonds. The molecule has 0 spiro atoms. The molecule has 0 aromatic rings. The zero-order chi connectivity index (χ0) is 58.7. The lowest BCUT2D eigenvalue weighted by atomic mass is 9.99. The molecule has 0 fully saturated rings. The van der Waals surface area contributed by atoms with Crippen LogP contribution in [0.15, 0.2) is 0 Å². The number of rotatable bonds is 59. The van der Waals surface area contributed by atoms with Crippen molar-refractivity contribution in [1.82, 2.24) is 0 Å². The Kier molecular flexibility index (Phi) is 51.5. The van der Waals surface area contributed by atoms with E-state index < -0.39 is 97.5 Å². The number of unbranched alkanes of at least 4 members (excludes halogenated alkanes) is 28. The van der Waals surface area contributed by atoms with Crippen molar-refractivity contribution < 1.29 is 80.2 Å². The second-order valence-corrected chi connectivity index (χ2v) is 25.4. The molecule has 0 rings (SSSR count). The average molecular weight is 1170 g/mol. The molecule has 0 heterocycles. The maximum atomic E-state index is 12.9. The first-order chi connectivity index (χ1) is 37.9. The lowest BCUT2D eigenvalue weighted by Gasteiger charge is -2.21. The Morgan fingerprint density at radius 2 is 0.646 bits per heavy atom. The lowest BCUT2D eigenvalue weighted by molar-refractivity contribution is -0.161. The lowest BCUT2D eigenvalue weighted by Crippen LogP contribution is -2.30. The van der Waals surface area contributed by atoms with Gasteiger partial charge in [0.05, 0.1) is 26.4 Å². The van der Waals surface area contributed by atoms with Crippen LogP contribution in [0.2, 0.25) is 0 Å². The summed E-state index contributed by atoms with van der Waals surface area (Å²) in [5.74, 6) is -0.610. The van der Waals surface area contributed by atoms with E-state index in [0.717, 1.165) is 115 Å². The average Bonchev–Trinajstić information content (AvgIpc) is 3.41. The van der Waals surface area contributed by atoms with E-state index in [1.807, 2.05) is 0 Å². The van der Waals surface area contributed by atoms with Crippen LogP contribution in [0.4, 0.5) is 0 Å². The summed E-state index contributed by atoms with van der Waals surface area (Å²) in [5.41, 5.74) is 0. The number of carbonyl (C=O) groups excluding carboxylic acids is 4. The Hall–Kier alpha value is -1.94. The van der Waals surface area contributed by atoms with Crippen molar-refractivity contribution in [3.63, 3.8) is 0 Å². The van der Waals surface area contributed by atoms with Crippen LogP contribution in [0.1, 0.15) is 292 Å². The number of hydrogen-bond donors (Lipinski definition) is 3. The minimum absolute atomic E-state index is 0.104. The molecule has 0 bridgehead atoms. The van der Waals surface area contributed by atoms with Gasteiger partial charge < -0.3 is 33.8 Å². The summed E-state index contributed by atoms with van der Waals surface area (Å²) in [5, 5.41) is 10.5. The fourth-order valence-corrected chi connectivity index (χ4v) is 10.4. The van der Waals surface area contributed by atoms with Crippen LogP contribution in [0, 0.1) is 11.8 Å². The quantitative estimate of drug-likeness (QED) is 0.0222. The molecule has 3 N–H and O–H groups in total. The molecule has 468 valence electrons. The van der Waals surface area contributed by atoms with E-state index in [9.17, 15) is 43.2 Å². The van der Waals surface area contributed by atoms with Crippen LogP contribution >= 0.6 is 15.6 Å². The Labute approximate surface area is 479 Å². The van der Waals surface area contributed by atoms with Crippen LogP contribution in [0.25, 0.3) is 0 Å². The second-order valence-electron chi connectivity index (χ2n) is 22.5. The number of ether oxygens (including phenoxy) is 4. The SMILES string of the molecule is CCCCCCCCCCC(=O)O[C@H](COC(=O)CCCCCCC)COP(=O)(O)OC[C@H](O)COP(=O)(O)OC[C@@H](COC(=O)CCCCCCCCCCC(C)CC)OC(=O)CCCCCCCCCCCCCC(C)C. The third-order valence-electron chi connectivity index (χ3n) is 14.1. The molecular formula is C60H116O17P2. The van der Waals surface area contributed by atoms with Crippen molar-refractivity contribution in [1.29, 1.82) is 0 Å². The Bertz CT molecular complexity index is 1570. The van der Waals surface area contributed by atoms with Crippen LogP contribution in [0.3, 0.4) is 0 Å². The molecule has 0 aliphatic heterocycles. The topological polar surface area (TPSA) is 237 Å². The van der Waals surface area contributed by atoms with Crippen molar-refractivity contribution in [2.75, 3.05) is 39.6 Å². The summed E-state index contributed by atoms with van der Waals surface area (Å²) < 4.78 is 67.6. The van der Waals surface area contributed by atoms with Gasteiger partial charge in [-0.25, -0.2) is 9.13 Å². The van der Waals surface area contributed by atoms with Crippen LogP contribution in [-0.4, -0.2) is 96.7 Å². The fraction of sp³-hybridized carbons (Fsp3) is 0.933. The minimum atomic E-state index is -4.94. The molecule has 0 aliphatic rings. The monoisotopic (exact) mass is 1170 g/mol. The summed E-state index contributed by atoms with van der Waals surface area (Å²) in [6.45, 7) is 9.35. The van der Waals surface area contributed by atoms with Crippen LogP contribution in [0.5, 0.6) is 0 Å². The van der Waals surface area contributed by atoms with Gasteiger partial charge in [0.1, 0.15) is 19.3 Å². The maximum Gasteiger partial charge on any atom is 0.472 e. The predicted molar refractivity (Wildman–Crippen MR) is 312 cm³/mol. The number of carbonyl (C=O) groups is 4.